The van der Waals surface area contributed by atoms with E-state index in [9.17, 15) is 0 Å². The fourth-order valence-corrected chi connectivity index (χ4v) is 3.47. The predicted octanol–water partition coefficient (Wildman–Crippen LogP) is 4.28. The monoisotopic (exact) mass is 291 g/mol. The molecule has 0 aliphatic heterocycles. The van der Waals surface area contributed by atoms with E-state index in [0.29, 0.717) is 0 Å². The van der Waals surface area contributed by atoms with Gasteiger partial charge in [0.05, 0.1) is 4.70 Å². The summed E-state index contributed by atoms with van der Waals surface area (Å²) in [6.45, 7) is 0. The molecule has 0 bridgehead atoms. The Morgan fingerprint density at radius 2 is 1.81 bits per heavy atom. The Morgan fingerprint density at radius 3 is 2.62 bits per heavy atom. The van der Waals surface area contributed by atoms with Crippen LogP contribution in [0.5, 0.6) is 0 Å². The number of fused-ring (bicyclic) bond motifs is 1. The molecule has 1 aromatic carbocycles. The van der Waals surface area contributed by atoms with Gasteiger partial charge in [-0.15, -0.1) is 11.3 Å². The first-order valence-corrected chi connectivity index (χ1v) is 7.63. The lowest BCUT2D eigenvalue weighted by atomic mass is 10.1. The Labute approximate surface area is 126 Å². The third-order valence-electron chi connectivity index (χ3n) is 3.47. The molecule has 0 aliphatic rings. The third kappa shape index (κ3) is 2.34. The zero-order chi connectivity index (χ0) is 14.1. The molecule has 21 heavy (non-hydrogen) atoms. The molecule has 102 valence electrons. The number of nitrogens with zero attached hydrogens (tertiary/aromatic N) is 2. The van der Waals surface area contributed by atoms with Crippen LogP contribution >= 0.6 is 11.3 Å². The third-order valence-corrected chi connectivity index (χ3v) is 4.65. The van der Waals surface area contributed by atoms with Gasteiger partial charge < -0.3 is 4.98 Å². The maximum Gasteiger partial charge on any atom is 0.149 e. The highest BCUT2D eigenvalue weighted by Crippen LogP contribution is 2.32. The van der Waals surface area contributed by atoms with Gasteiger partial charge in [-0.25, -0.2) is 4.98 Å². The molecule has 0 saturated heterocycles. The van der Waals surface area contributed by atoms with E-state index in [1.54, 1.807) is 23.7 Å². The number of H-pyrrole nitrogens is 1. The van der Waals surface area contributed by atoms with Crippen LogP contribution in [0.1, 0.15) is 11.1 Å². The summed E-state index contributed by atoms with van der Waals surface area (Å²) in [6.07, 6.45) is 6.60. The molecule has 4 aromatic rings. The van der Waals surface area contributed by atoms with E-state index in [-0.39, 0.29) is 0 Å². The largest absolute Gasteiger partial charge is 0.345 e. The maximum atomic E-state index is 4.68. The van der Waals surface area contributed by atoms with Gasteiger partial charge >= 0.3 is 0 Å². The molecule has 0 fully saturated rings. The summed E-state index contributed by atoms with van der Waals surface area (Å²) >= 11 is 1.73. The zero-order valence-corrected chi connectivity index (χ0v) is 12.1. The molecule has 0 saturated carbocycles. The second kappa shape index (κ2) is 5.14. The van der Waals surface area contributed by atoms with Crippen molar-refractivity contribution in [2.45, 2.75) is 6.42 Å². The summed E-state index contributed by atoms with van der Waals surface area (Å²) in [5, 5.41) is 1.04. The van der Waals surface area contributed by atoms with Crippen molar-refractivity contribution < 1.29 is 0 Å². The lowest BCUT2D eigenvalue weighted by Crippen LogP contribution is -1.84. The Kier molecular flexibility index (Phi) is 3.01. The van der Waals surface area contributed by atoms with Gasteiger partial charge in [0.2, 0.25) is 0 Å². The SMILES string of the molecule is c1ccc(Cc2c[nH]c3nc(-c4ccncc4)sc23)cc1. The molecule has 1 N–H and O–H groups in total. The summed E-state index contributed by atoms with van der Waals surface area (Å²) in [7, 11) is 0. The van der Waals surface area contributed by atoms with E-state index in [0.717, 1.165) is 22.6 Å². The van der Waals surface area contributed by atoms with Gasteiger partial charge in [0.25, 0.3) is 0 Å². The van der Waals surface area contributed by atoms with E-state index in [2.05, 4.69) is 45.4 Å². The predicted molar refractivity (Wildman–Crippen MR) is 86.4 cm³/mol. The van der Waals surface area contributed by atoms with Crippen LogP contribution < -0.4 is 0 Å². The van der Waals surface area contributed by atoms with Crippen molar-refractivity contribution in [3.63, 3.8) is 0 Å². The van der Waals surface area contributed by atoms with Crippen molar-refractivity contribution in [3.8, 4) is 10.6 Å². The number of hydrogen-bond donors (Lipinski definition) is 1. The van der Waals surface area contributed by atoms with Crippen LogP contribution in [0.3, 0.4) is 0 Å². The first-order valence-electron chi connectivity index (χ1n) is 6.81. The standard InChI is InChI=1S/C17H13N3S/c1-2-4-12(5-3-1)10-14-11-19-16-15(14)21-17(20-16)13-6-8-18-9-7-13/h1-9,11,19H,10H2. The summed E-state index contributed by atoms with van der Waals surface area (Å²) in [6, 6.07) is 14.5. The Morgan fingerprint density at radius 1 is 1.00 bits per heavy atom. The van der Waals surface area contributed by atoms with Gasteiger partial charge in [-0.2, -0.15) is 0 Å². The number of nitrogens with one attached hydrogen (secondary N) is 1. The van der Waals surface area contributed by atoms with Crippen molar-refractivity contribution in [1.29, 1.82) is 0 Å². The minimum Gasteiger partial charge on any atom is -0.345 e. The molecule has 3 heterocycles. The summed E-state index contributed by atoms with van der Waals surface area (Å²) in [5.41, 5.74) is 4.70. The Balaban J connectivity index is 1.73. The summed E-state index contributed by atoms with van der Waals surface area (Å²) < 4.78 is 1.24. The second-order valence-electron chi connectivity index (χ2n) is 4.91. The van der Waals surface area contributed by atoms with Gasteiger partial charge in [-0.3, -0.25) is 4.98 Å². The van der Waals surface area contributed by atoms with Gasteiger partial charge in [0.15, 0.2) is 0 Å². The number of pyridine rings is 1. The molecule has 0 radical (unpaired) electrons. The fraction of sp³-hybridized carbons (Fsp3) is 0.0588. The quantitative estimate of drug-likeness (QED) is 0.612. The van der Waals surface area contributed by atoms with E-state index in [1.807, 2.05) is 18.2 Å². The van der Waals surface area contributed by atoms with E-state index >= 15 is 0 Å². The van der Waals surface area contributed by atoms with Crippen molar-refractivity contribution >= 4 is 21.7 Å². The molecule has 3 aromatic heterocycles. The highest BCUT2D eigenvalue weighted by Gasteiger charge is 2.11. The van der Waals surface area contributed by atoms with Crippen molar-refractivity contribution in [1.82, 2.24) is 15.0 Å². The van der Waals surface area contributed by atoms with Crippen molar-refractivity contribution in [2.75, 3.05) is 0 Å². The smallest absolute Gasteiger partial charge is 0.149 e. The molecule has 0 unspecified atom stereocenters. The molecular weight excluding hydrogens is 278 g/mol. The van der Waals surface area contributed by atoms with Crippen molar-refractivity contribution in [3.05, 3.63) is 72.2 Å². The highest BCUT2D eigenvalue weighted by atomic mass is 32.1. The first-order chi connectivity index (χ1) is 10.4. The molecular formula is C17H13N3S. The van der Waals surface area contributed by atoms with Gasteiger partial charge in [-0.05, 0) is 23.3 Å². The lowest BCUT2D eigenvalue weighted by molar-refractivity contribution is 1.21. The zero-order valence-electron chi connectivity index (χ0n) is 11.3. The molecule has 0 atom stereocenters. The van der Waals surface area contributed by atoms with Crippen LogP contribution in [0.25, 0.3) is 20.9 Å². The Bertz CT molecular complexity index is 863. The molecule has 4 rings (SSSR count). The number of hydrogen-bond acceptors (Lipinski definition) is 3. The molecule has 3 nitrogen and oxygen atoms in total. The average Bonchev–Trinajstić information content (AvgIpc) is 3.11. The van der Waals surface area contributed by atoms with Gasteiger partial charge in [0.1, 0.15) is 10.7 Å². The second-order valence-corrected chi connectivity index (χ2v) is 5.91. The van der Waals surface area contributed by atoms with Crippen LogP contribution in [-0.4, -0.2) is 15.0 Å². The number of thiazole rings is 1. The number of aromatic amines is 1. The number of aromatic nitrogens is 3. The Hall–Kier alpha value is -2.46. The first kappa shape index (κ1) is 12.3. The van der Waals surface area contributed by atoms with Crippen LogP contribution in [-0.2, 0) is 6.42 Å². The fourth-order valence-electron chi connectivity index (χ4n) is 2.42. The van der Waals surface area contributed by atoms with E-state index < -0.39 is 0 Å². The van der Waals surface area contributed by atoms with E-state index in [1.165, 1.54) is 15.8 Å². The topological polar surface area (TPSA) is 41.6 Å². The maximum absolute atomic E-state index is 4.68. The summed E-state index contributed by atoms with van der Waals surface area (Å²) in [4.78, 5) is 12.0. The molecule has 0 aliphatic carbocycles. The highest BCUT2D eigenvalue weighted by molar-refractivity contribution is 7.21. The average molecular weight is 291 g/mol. The van der Waals surface area contributed by atoms with Gasteiger partial charge in [0, 0.05) is 30.6 Å². The summed E-state index contributed by atoms with van der Waals surface area (Å²) in [5.74, 6) is 0. The molecule has 4 heteroatoms. The molecule has 0 amide bonds. The minimum atomic E-state index is 0.929. The minimum absolute atomic E-state index is 0.929. The van der Waals surface area contributed by atoms with E-state index in [4.69, 9.17) is 0 Å². The van der Waals surface area contributed by atoms with Crippen molar-refractivity contribution in [2.24, 2.45) is 0 Å². The van der Waals surface area contributed by atoms with Crippen LogP contribution in [0.4, 0.5) is 0 Å². The molecule has 0 spiro atoms. The lowest BCUT2D eigenvalue weighted by Gasteiger charge is -1.98. The number of rotatable bonds is 3. The van der Waals surface area contributed by atoms with Gasteiger partial charge in [-0.1, -0.05) is 30.3 Å². The number of benzene rings is 1. The van der Waals surface area contributed by atoms with Crippen LogP contribution in [0, 0.1) is 0 Å². The normalized spacial score (nSPS) is 11.0. The van der Waals surface area contributed by atoms with Crippen LogP contribution in [0.2, 0.25) is 0 Å². The van der Waals surface area contributed by atoms with Crippen LogP contribution in [0.15, 0.2) is 61.1 Å².